The molecule has 1 amide bonds. The number of ether oxygens (including phenoxy) is 1. The number of Topliss-reactive ketones (excluding diaryl/α,β-unsaturated/α-hetero) is 1. The van der Waals surface area contributed by atoms with Crippen molar-refractivity contribution < 1.29 is 14.3 Å². The second kappa shape index (κ2) is 8.65. The molecule has 6 nitrogen and oxygen atoms in total. The molecule has 0 aliphatic carbocycles. The van der Waals surface area contributed by atoms with Gasteiger partial charge in [0, 0.05) is 37.0 Å². The lowest BCUT2D eigenvalue weighted by Crippen LogP contribution is -2.42. The van der Waals surface area contributed by atoms with E-state index >= 15 is 0 Å². The molecule has 1 fully saturated rings. The zero-order valence-corrected chi connectivity index (χ0v) is 15.9. The zero-order valence-electron chi connectivity index (χ0n) is 15.9. The number of aromatic nitrogens is 2. The van der Waals surface area contributed by atoms with Crippen molar-refractivity contribution in [2.45, 2.75) is 12.8 Å². The quantitative estimate of drug-likeness (QED) is 0.619. The Kier molecular flexibility index (Phi) is 5.61. The lowest BCUT2D eigenvalue weighted by atomic mass is 9.90. The summed E-state index contributed by atoms with van der Waals surface area (Å²) >= 11 is 0. The molecule has 29 heavy (non-hydrogen) atoms. The maximum absolute atomic E-state index is 13.0. The van der Waals surface area contributed by atoms with Crippen LogP contribution >= 0.6 is 0 Å². The number of carbonyl (C=O) groups is 2. The van der Waals surface area contributed by atoms with Crippen LogP contribution in [0.4, 0.5) is 0 Å². The van der Waals surface area contributed by atoms with E-state index in [-0.39, 0.29) is 17.6 Å². The number of carbonyl (C=O) groups excluding carboxylic acids is 2. The van der Waals surface area contributed by atoms with Gasteiger partial charge in [-0.15, -0.1) is 0 Å². The minimum atomic E-state index is -0.217. The first-order valence-corrected chi connectivity index (χ1v) is 9.63. The van der Waals surface area contributed by atoms with Crippen molar-refractivity contribution in [1.29, 1.82) is 0 Å². The number of rotatable bonds is 5. The number of hydrogen-bond donors (Lipinski definition) is 0. The fourth-order valence-corrected chi connectivity index (χ4v) is 3.49. The summed E-state index contributed by atoms with van der Waals surface area (Å²) in [6, 6.07) is 16.7. The summed E-state index contributed by atoms with van der Waals surface area (Å²) in [6.07, 6.45) is 6.05. The topological polar surface area (TPSA) is 72.4 Å². The number of nitrogens with zero attached hydrogens (tertiary/aromatic N) is 3. The molecule has 0 N–H and O–H groups in total. The standard InChI is InChI=1S/C23H21N3O3/c27-22(17-8-10-20(11-9-17)29-19-6-2-1-3-7-19)18-5-4-14-26(16-18)23(28)21-15-24-12-13-25-21/h1-3,6-13,15,18H,4-5,14,16H2/t18-/m1/s1. The van der Waals surface area contributed by atoms with Gasteiger partial charge in [0.1, 0.15) is 17.2 Å². The molecule has 0 radical (unpaired) electrons. The molecule has 0 bridgehead atoms. The van der Waals surface area contributed by atoms with Crippen LogP contribution in [-0.4, -0.2) is 39.6 Å². The van der Waals surface area contributed by atoms with Gasteiger partial charge in [0.05, 0.1) is 6.20 Å². The van der Waals surface area contributed by atoms with Gasteiger partial charge >= 0.3 is 0 Å². The molecule has 6 heteroatoms. The molecule has 3 aromatic rings. The van der Waals surface area contributed by atoms with Gasteiger partial charge in [-0.3, -0.25) is 14.6 Å². The Morgan fingerprint density at radius 1 is 0.966 bits per heavy atom. The first-order valence-electron chi connectivity index (χ1n) is 9.63. The highest BCUT2D eigenvalue weighted by Crippen LogP contribution is 2.25. The summed E-state index contributed by atoms with van der Waals surface area (Å²) in [5.41, 5.74) is 0.937. The van der Waals surface area contributed by atoms with Crippen LogP contribution in [0.2, 0.25) is 0 Å². The van der Waals surface area contributed by atoms with Crippen LogP contribution in [-0.2, 0) is 0 Å². The van der Waals surface area contributed by atoms with Crippen LogP contribution in [0.1, 0.15) is 33.7 Å². The second-order valence-electron chi connectivity index (χ2n) is 6.98. The van der Waals surface area contributed by atoms with Crippen molar-refractivity contribution in [3.05, 3.63) is 84.4 Å². The van der Waals surface area contributed by atoms with Crippen molar-refractivity contribution in [2.75, 3.05) is 13.1 Å². The third-order valence-corrected chi connectivity index (χ3v) is 4.98. The largest absolute Gasteiger partial charge is 0.457 e. The van der Waals surface area contributed by atoms with Crippen molar-refractivity contribution in [2.24, 2.45) is 5.92 Å². The number of benzene rings is 2. The molecule has 1 aromatic heterocycles. The van der Waals surface area contributed by atoms with E-state index in [4.69, 9.17) is 4.74 Å². The second-order valence-corrected chi connectivity index (χ2v) is 6.98. The predicted molar refractivity (Wildman–Crippen MR) is 108 cm³/mol. The summed E-state index contributed by atoms with van der Waals surface area (Å²) in [7, 11) is 0. The minimum absolute atomic E-state index is 0.0490. The lowest BCUT2D eigenvalue weighted by molar-refractivity contribution is 0.0631. The van der Waals surface area contributed by atoms with Gasteiger partial charge in [-0.2, -0.15) is 0 Å². The van der Waals surface area contributed by atoms with Crippen molar-refractivity contribution in [3.63, 3.8) is 0 Å². The third kappa shape index (κ3) is 4.48. The smallest absolute Gasteiger partial charge is 0.274 e. The van der Waals surface area contributed by atoms with Gasteiger partial charge in [0.15, 0.2) is 5.78 Å². The van der Waals surface area contributed by atoms with Crippen LogP contribution < -0.4 is 4.74 Å². The summed E-state index contributed by atoms with van der Waals surface area (Å²) in [5, 5.41) is 0. The van der Waals surface area contributed by atoms with E-state index in [1.165, 1.54) is 18.6 Å². The Bertz CT molecular complexity index is 975. The van der Waals surface area contributed by atoms with E-state index in [2.05, 4.69) is 9.97 Å². The summed E-state index contributed by atoms with van der Waals surface area (Å²) in [6.45, 7) is 1.03. The highest BCUT2D eigenvalue weighted by molar-refractivity contribution is 5.99. The summed E-state index contributed by atoms with van der Waals surface area (Å²) in [5.74, 6) is 1.08. The molecule has 1 saturated heterocycles. The molecule has 0 saturated carbocycles. The molecular weight excluding hydrogens is 366 g/mol. The minimum Gasteiger partial charge on any atom is -0.457 e. The number of piperidine rings is 1. The van der Waals surface area contributed by atoms with Crippen LogP contribution in [0.25, 0.3) is 0 Å². The average molecular weight is 387 g/mol. The van der Waals surface area contributed by atoms with E-state index < -0.39 is 0 Å². The fourth-order valence-electron chi connectivity index (χ4n) is 3.49. The monoisotopic (exact) mass is 387 g/mol. The Morgan fingerprint density at radius 3 is 2.45 bits per heavy atom. The maximum Gasteiger partial charge on any atom is 0.274 e. The number of likely N-dealkylation sites (tertiary alicyclic amines) is 1. The molecule has 0 spiro atoms. The van der Waals surface area contributed by atoms with Gasteiger partial charge in [-0.05, 0) is 49.2 Å². The zero-order chi connectivity index (χ0) is 20.1. The van der Waals surface area contributed by atoms with Crippen LogP contribution in [0.3, 0.4) is 0 Å². The molecule has 1 aliphatic heterocycles. The van der Waals surface area contributed by atoms with Crippen molar-refractivity contribution in [1.82, 2.24) is 14.9 Å². The number of ketones is 1. The van der Waals surface area contributed by atoms with E-state index in [1.54, 1.807) is 29.2 Å². The highest BCUT2D eigenvalue weighted by atomic mass is 16.5. The SMILES string of the molecule is O=C(c1ccc(Oc2ccccc2)cc1)[C@@H]1CCCN(C(=O)c2cnccn2)C1. The number of amides is 1. The first-order chi connectivity index (χ1) is 14.2. The molecule has 4 rings (SSSR count). The van der Waals surface area contributed by atoms with E-state index in [0.717, 1.165) is 18.6 Å². The van der Waals surface area contributed by atoms with Gasteiger partial charge in [0.2, 0.25) is 0 Å². The first kappa shape index (κ1) is 18.8. The van der Waals surface area contributed by atoms with Crippen LogP contribution in [0.15, 0.2) is 73.2 Å². The average Bonchev–Trinajstić information content (AvgIpc) is 2.80. The van der Waals surface area contributed by atoms with E-state index in [0.29, 0.717) is 30.1 Å². The van der Waals surface area contributed by atoms with E-state index in [1.807, 2.05) is 30.3 Å². The van der Waals surface area contributed by atoms with Crippen LogP contribution in [0.5, 0.6) is 11.5 Å². The van der Waals surface area contributed by atoms with Crippen molar-refractivity contribution >= 4 is 11.7 Å². The molecule has 146 valence electrons. The van der Waals surface area contributed by atoms with E-state index in [9.17, 15) is 9.59 Å². The maximum atomic E-state index is 13.0. The van der Waals surface area contributed by atoms with Gasteiger partial charge in [-0.25, -0.2) is 4.98 Å². The number of hydrogen-bond acceptors (Lipinski definition) is 5. The Morgan fingerprint density at radius 2 is 1.72 bits per heavy atom. The van der Waals surface area contributed by atoms with Gasteiger partial charge in [-0.1, -0.05) is 18.2 Å². The molecule has 2 heterocycles. The summed E-state index contributed by atoms with van der Waals surface area (Å²) < 4.78 is 5.78. The molecular formula is C23H21N3O3. The Balaban J connectivity index is 1.41. The van der Waals surface area contributed by atoms with Crippen molar-refractivity contribution in [3.8, 4) is 11.5 Å². The molecule has 0 unspecified atom stereocenters. The van der Waals surface area contributed by atoms with Gasteiger partial charge < -0.3 is 9.64 Å². The molecule has 2 aromatic carbocycles. The molecule has 1 atom stereocenters. The Labute approximate surface area is 169 Å². The Hall–Kier alpha value is -3.54. The predicted octanol–water partition coefficient (Wildman–Crippen LogP) is 4.00. The van der Waals surface area contributed by atoms with Gasteiger partial charge in [0.25, 0.3) is 5.91 Å². The summed E-state index contributed by atoms with van der Waals surface area (Å²) in [4.78, 5) is 35.3. The third-order valence-electron chi connectivity index (χ3n) is 4.98. The normalized spacial score (nSPS) is 16.3. The number of para-hydroxylation sites is 1. The lowest BCUT2D eigenvalue weighted by Gasteiger charge is -2.31. The fraction of sp³-hybridized carbons (Fsp3) is 0.217. The highest BCUT2D eigenvalue weighted by Gasteiger charge is 2.30. The van der Waals surface area contributed by atoms with Crippen LogP contribution in [0, 0.1) is 5.92 Å². The molecule has 1 aliphatic rings.